The van der Waals surface area contributed by atoms with Gasteiger partial charge in [0.25, 0.3) is 0 Å². The van der Waals surface area contributed by atoms with Crippen molar-refractivity contribution in [2.45, 2.75) is 18.8 Å². The fraction of sp³-hybridized carbons (Fsp3) is 0.290. The van der Waals surface area contributed by atoms with Crippen molar-refractivity contribution in [3.05, 3.63) is 89.3 Å². The van der Waals surface area contributed by atoms with Crippen molar-refractivity contribution in [3.63, 3.8) is 0 Å². The lowest BCUT2D eigenvalue weighted by Gasteiger charge is -2.35. The molecule has 43 heavy (non-hydrogen) atoms. The molecule has 1 fully saturated rings. The number of alkyl halides is 3. The van der Waals surface area contributed by atoms with Gasteiger partial charge in [-0.3, -0.25) is 9.80 Å². The molecule has 1 saturated heterocycles. The van der Waals surface area contributed by atoms with Crippen molar-refractivity contribution >= 4 is 22.7 Å². The fourth-order valence-electron chi connectivity index (χ4n) is 4.96. The van der Waals surface area contributed by atoms with Gasteiger partial charge in [0.2, 0.25) is 11.8 Å². The number of ether oxygens (including phenoxy) is 1. The number of nitrogens with zero attached hydrogens (tertiary/aromatic N) is 4. The lowest BCUT2D eigenvalue weighted by Crippen LogP contribution is -2.48. The van der Waals surface area contributed by atoms with E-state index in [1.54, 1.807) is 24.3 Å². The van der Waals surface area contributed by atoms with E-state index in [1.807, 2.05) is 18.2 Å². The minimum Gasteiger partial charge on any atom is -0.491 e. The maximum atomic E-state index is 12.8. The van der Waals surface area contributed by atoms with E-state index in [2.05, 4.69) is 19.8 Å². The molecule has 8 nitrogen and oxygen atoms in total. The highest BCUT2D eigenvalue weighted by Gasteiger charge is 2.30. The summed E-state index contributed by atoms with van der Waals surface area (Å²) in [5, 5.41) is 11.2. The number of benzene rings is 3. The number of aliphatic hydroxyl groups excluding tert-OH is 1. The zero-order valence-electron chi connectivity index (χ0n) is 22.9. The first kappa shape index (κ1) is 29.2. The Balaban J connectivity index is 0.955. The van der Waals surface area contributed by atoms with Crippen LogP contribution in [0.25, 0.3) is 34.0 Å². The summed E-state index contributed by atoms with van der Waals surface area (Å²) in [6.45, 7) is 4.23. The van der Waals surface area contributed by atoms with E-state index >= 15 is 0 Å². The van der Waals surface area contributed by atoms with Crippen LogP contribution >= 0.6 is 11.6 Å². The summed E-state index contributed by atoms with van der Waals surface area (Å²) >= 11 is 6.27. The molecule has 1 aliphatic heterocycles. The molecule has 1 aliphatic rings. The number of aromatic nitrogens is 2. The van der Waals surface area contributed by atoms with Crippen molar-refractivity contribution in [3.8, 4) is 28.7 Å². The Labute approximate surface area is 250 Å². The highest BCUT2D eigenvalue weighted by Crippen LogP contribution is 2.32. The zero-order valence-corrected chi connectivity index (χ0v) is 23.7. The Hall–Kier alpha value is -3.90. The number of oxazole rings is 2. The quantitative estimate of drug-likeness (QED) is 0.205. The Kier molecular flexibility index (Phi) is 8.40. The summed E-state index contributed by atoms with van der Waals surface area (Å²) in [5.41, 5.74) is 2.44. The molecule has 3 aromatic carbocycles. The summed E-state index contributed by atoms with van der Waals surface area (Å²) in [7, 11) is 0. The number of fused-ring (bicyclic) bond motifs is 1. The average molecular weight is 613 g/mol. The first-order chi connectivity index (χ1) is 20.7. The number of piperazine rings is 1. The van der Waals surface area contributed by atoms with Crippen LogP contribution in [-0.4, -0.2) is 70.3 Å². The van der Waals surface area contributed by atoms with Crippen LogP contribution in [0, 0.1) is 0 Å². The maximum Gasteiger partial charge on any atom is 0.416 e. The van der Waals surface area contributed by atoms with Crippen LogP contribution in [0.4, 0.5) is 13.2 Å². The van der Waals surface area contributed by atoms with Crippen LogP contribution in [0.5, 0.6) is 5.75 Å². The fourth-order valence-corrected chi connectivity index (χ4v) is 5.18. The monoisotopic (exact) mass is 612 g/mol. The number of halogens is 4. The van der Waals surface area contributed by atoms with Gasteiger partial charge in [-0.25, -0.2) is 9.97 Å². The normalized spacial score (nSPS) is 15.7. The van der Waals surface area contributed by atoms with E-state index in [9.17, 15) is 18.3 Å². The average Bonchev–Trinajstić information content (AvgIpc) is 3.64. The lowest BCUT2D eigenvalue weighted by atomic mass is 10.1. The SMILES string of the molecule is OC(COc1ccc2oc(-c3ccccc3Cl)nc2c1)CN1CCN(Cc2coc(-c3ccc(C(F)(F)F)cc3)n2)CC1. The van der Waals surface area contributed by atoms with Crippen molar-refractivity contribution in [1.29, 1.82) is 0 Å². The number of hydrogen-bond acceptors (Lipinski definition) is 8. The van der Waals surface area contributed by atoms with Gasteiger partial charge in [0.15, 0.2) is 5.58 Å². The van der Waals surface area contributed by atoms with Crippen LogP contribution in [0.1, 0.15) is 11.3 Å². The predicted octanol–water partition coefficient (Wildman–Crippen LogP) is 6.38. The molecular weight excluding hydrogens is 585 g/mol. The van der Waals surface area contributed by atoms with Crippen molar-refractivity contribution in [2.24, 2.45) is 0 Å². The van der Waals surface area contributed by atoms with E-state index in [0.717, 1.165) is 38.3 Å². The molecule has 2 aromatic heterocycles. The second kappa shape index (κ2) is 12.4. The highest BCUT2D eigenvalue weighted by molar-refractivity contribution is 6.33. The lowest BCUT2D eigenvalue weighted by molar-refractivity contribution is -0.137. The van der Waals surface area contributed by atoms with Gasteiger partial charge in [0.05, 0.1) is 21.8 Å². The Bertz CT molecular complexity index is 1680. The Morgan fingerprint density at radius 1 is 0.930 bits per heavy atom. The number of rotatable bonds is 9. The van der Waals surface area contributed by atoms with Gasteiger partial charge in [-0.05, 0) is 48.5 Å². The molecule has 3 heterocycles. The molecule has 224 valence electrons. The number of β-amino-alcohol motifs (C(OH)–C–C–N with tert-alkyl or cyclic N) is 1. The second-order valence-electron chi connectivity index (χ2n) is 10.4. The van der Waals surface area contributed by atoms with Crippen LogP contribution in [0.2, 0.25) is 5.02 Å². The first-order valence-corrected chi connectivity index (χ1v) is 14.1. The third-order valence-electron chi connectivity index (χ3n) is 7.24. The molecule has 0 aliphatic carbocycles. The summed E-state index contributed by atoms with van der Waals surface area (Å²) in [6, 6.07) is 17.4. The summed E-state index contributed by atoms with van der Waals surface area (Å²) < 4.78 is 55.7. The van der Waals surface area contributed by atoms with Crippen molar-refractivity contribution < 1.29 is 31.8 Å². The zero-order chi connectivity index (χ0) is 30.0. The molecule has 0 spiro atoms. The molecule has 0 radical (unpaired) electrons. The van der Waals surface area contributed by atoms with Gasteiger partial charge in [-0.15, -0.1) is 0 Å². The van der Waals surface area contributed by atoms with Crippen LogP contribution < -0.4 is 4.74 Å². The second-order valence-corrected chi connectivity index (χ2v) is 10.8. The van der Waals surface area contributed by atoms with Crippen LogP contribution in [0.15, 0.2) is 81.8 Å². The summed E-state index contributed by atoms with van der Waals surface area (Å²) in [6.07, 6.45) is -3.53. The summed E-state index contributed by atoms with van der Waals surface area (Å²) in [4.78, 5) is 13.4. The molecule has 0 bridgehead atoms. The smallest absolute Gasteiger partial charge is 0.416 e. The van der Waals surface area contributed by atoms with E-state index in [0.29, 0.717) is 57.7 Å². The Morgan fingerprint density at radius 3 is 2.42 bits per heavy atom. The topological polar surface area (TPSA) is 88.0 Å². The van der Waals surface area contributed by atoms with Crippen molar-refractivity contribution in [1.82, 2.24) is 19.8 Å². The van der Waals surface area contributed by atoms with Gasteiger partial charge in [-0.2, -0.15) is 13.2 Å². The molecule has 5 aromatic rings. The molecule has 1 unspecified atom stereocenters. The molecule has 6 rings (SSSR count). The maximum absolute atomic E-state index is 12.8. The van der Waals surface area contributed by atoms with Gasteiger partial charge in [0, 0.05) is 50.9 Å². The van der Waals surface area contributed by atoms with E-state index in [-0.39, 0.29) is 12.5 Å². The van der Waals surface area contributed by atoms with Gasteiger partial charge in [0.1, 0.15) is 30.2 Å². The predicted molar refractivity (Wildman–Crippen MR) is 155 cm³/mol. The molecular formula is C31H28ClF3N4O4. The van der Waals surface area contributed by atoms with Crippen molar-refractivity contribution in [2.75, 3.05) is 39.3 Å². The van der Waals surface area contributed by atoms with Gasteiger partial charge >= 0.3 is 6.18 Å². The van der Waals surface area contributed by atoms with E-state index in [4.69, 9.17) is 25.2 Å². The molecule has 1 atom stereocenters. The standard InChI is InChI=1S/C31H28ClF3N4O4/c32-26-4-2-1-3-25(26)30-37-27-15-24(9-10-28(27)43-30)41-19-23(40)17-39-13-11-38(12-14-39)16-22-18-42-29(36-22)20-5-7-21(8-6-20)31(33,34)35/h1-10,15,18,23,40H,11-14,16-17,19H2. The third kappa shape index (κ3) is 7.02. The van der Waals surface area contributed by atoms with E-state index in [1.165, 1.54) is 18.4 Å². The summed E-state index contributed by atoms with van der Waals surface area (Å²) in [5.74, 6) is 1.30. The molecule has 0 amide bonds. The largest absolute Gasteiger partial charge is 0.491 e. The number of hydrogen-bond donors (Lipinski definition) is 1. The van der Waals surface area contributed by atoms with Gasteiger partial charge < -0.3 is 18.7 Å². The highest BCUT2D eigenvalue weighted by atomic mass is 35.5. The minimum atomic E-state index is -4.39. The van der Waals surface area contributed by atoms with Crippen LogP contribution in [-0.2, 0) is 12.7 Å². The third-order valence-corrected chi connectivity index (χ3v) is 7.57. The molecule has 1 N–H and O–H groups in total. The Morgan fingerprint density at radius 2 is 1.67 bits per heavy atom. The molecule has 12 heteroatoms. The van der Waals surface area contributed by atoms with Gasteiger partial charge in [-0.1, -0.05) is 23.7 Å². The number of aliphatic hydroxyl groups is 1. The first-order valence-electron chi connectivity index (χ1n) is 13.7. The molecule has 0 saturated carbocycles. The van der Waals surface area contributed by atoms with Crippen LogP contribution in [0.3, 0.4) is 0 Å². The van der Waals surface area contributed by atoms with E-state index < -0.39 is 17.8 Å². The minimum absolute atomic E-state index is 0.132.